The molecular formula is C15H20ClN3O2. The third kappa shape index (κ3) is 4.43. The minimum absolute atomic E-state index is 0.116. The molecule has 1 aliphatic rings. The number of carbonyl (C=O) groups is 2. The standard InChI is InChI=1S/C15H20ClN3O2/c1-2-5-11-8-10(9-13(16)18-11)14(20)19-12-6-3-4-7-17-15(12)21/h8-9,12H,2-7H2,1H3,(H,17,21)(H,19,20). The highest BCUT2D eigenvalue weighted by molar-refractivity contribution is 6.29. The highest BCUT2D eigenvalue weighted by Gasteiger charge is 2.23. The lowest BCUT2D eigenvalue weighted by Crippen LogP contribution is -2.45. The molecule has 114 valence electrons. The summed E-state index contributed by atoms with van der Waals surface area (Å²) in [5, 5.41) is 5.89. The van der Waals surface area contributed by atoms with Crippen molar-refractivity contribution >= 4 is 23.4 Å². The second-order valence-electron chi connectivity index (χ2n) is 5.23. The maximum absolute atomic E-state index is 12.3. The molecule has 6 heteroatoms. The molecule has 2 heterocycles. The number of aromatic nitrogens is 1. The Morgan fingerprint density at radius 3 is 3.05 bits per heavy atom. The van der Waals surface area contributed by atoms with Gasteiger partial charge in [0.2, 0.25) is 5.91 Å². The topological polar surface area (TPSA) is 71.1 Å². The van der Waals surface area contributed by atoms with Crippen LogP contribution < -0.4 is 10.6 Å². The van der Waals surface area contributed by atoms with Gasteiger partial charge in [0.1, 0.15) is 11.2 Å². The van der Waals surface area contributed by atoms with Gasteiger partial charge >= 0.3 is 0 Å². The third-order valence-corrected chi connectivity index (χ3v) is 3.65. The van der Waals surface area contributed by atoms with Crippen molar-refractivity contribution in [1.29, 1.82) is 0 Å². The molecule has 1 saturated heterocycles. The van der Waals surface area contributed by atoms with Crippen LogP contribution in [0.3, 0.4) is 0 Å². The molecule has 2 N–H and O–H groups in total. The average molecular weight is 310 g/mol. The molecule has 1 atom stereocenters. The van der Waals surface area contributed by atoms with Gasteiger partial charge in [-0.1, -0.05) is 24.9 Å². The van der Waals surface area contributed by atoms with E-state index in [2.05, 4.69) is 15.6 Å². The van der Waals surface area contributed by atoms with E-state index in [0.29, 0.717) is 23.7 Å². The third-order valence-electron chi connectivity index (χ3n) is 3.46. The summed E-state index contributed by atoms with van der Waals surface area (Å²) in [6.45, 7) is 2.71. The highest BCUT2D eigenvalue weighted by atomic mass is 35.5. The first kappa shape index (κ1) is 15.8. The number of aryl methyl sites for hydroxylation is 1. The number of nitrogens with one attached hydrogen (secondary N) is 2. The van der Waals surface area contributed by atoms with Gasteiger partial charge in [-0.3, -0.25) is 9.59 Å². The molecule has 0 saturated carbocycles. The summed E-state index contributed by atoms with van der Waals surface area (Å²) in [6, 6.07) is 2.80. The number of nitrogens with zero attached hydrogens (tertiary/aromatic N) is 1. The van der Waals surface area contributed by atoms with Crippen molar-refractivity contribution in [2.75, 3.05) is 6.54 Å². The number of hydrogen-bond acceptors (Lipinski definition) is 3. The zero-order chi connectivity index (χ0) is 15.2. The van der Waals surface area contributed by atoms with Gasteiger partial charge in [0.15, 0.2) is 0 Å². The van der Waals surface area contributed by atoms with E-state index in [0.717, 1.165) is 31.4 Å². The fourth-order valence-corrected chi connectivity index (χ4v) is 2.61. The van der Waals surface area contributed by atoms with Crippen molar-refractivity contribution in [1.82, 2.24) is 15.6 Å². The minimum Gasteiger partial charge on any atom is -0.354 e. The lowest BCUT2D eigenvalue weighted by Gasteiger charge is -2.15. The maximum Gasteiger partial charge on any atom is 0.252 e. The van der Waals surface area contributed by atoms with Crippen LogP contribution in [0.2, 0.25) is 5.15 Å². The van der Waals surface area contributed by atoms with Crippen molar-refractivity contribution in [3.63, 3.8) is 0 Å². The summed E-state index contributed by atoms with van der Waals surface area (Å²) in [7, 11) is 0. The molecule has 1 aromatic rings. The highest BCUT2D eigenvalue weighted by Crippen LogP contribution is 2.13. The fourth-order valence-electron chi connectivity index (χ4n) is 2.39. The van der Waals surface area contributed by atoms with E-state index in [9.17, 15) is 9.59 Å². The molecule has 21 heavy (non-hydrogen) atoms. The van der Waals surface area contributed by atoms with Gasteiger partial charge in [-0.2, -0.15) is 0 Å². The number of amides is 2. The number of hydrogen-bond donors (Lipinski definition) is 2. The maximum atomic E-state index is 12.3. The molecule has 1 aromatic heterocycles. The van der Waals surface area contributed by atoms with Crippen molar-refractivity contribution < 1.29 is 9.59 Å². The van der Waals surface area contributed by atoms with E-state index in [-0.39, 0.29) is 11.8 Å². The van der Waals surface area contributed by atoms with E-state index < -0.39 is 6.04 Å². The predicted octanol–water partition coefficient (Wildman–Crippen LogP) is 2.09. The first-order valence-corrected chi connectivity index (χ1v) is 7.73. The molecule has 2 rings (SSSR count). The Bertz CT molecular complexity index is 534. The molecule has 0 radical (unpaired) electrons. The molecule has 5 nitrogen and oxygen atoms in total. The summed E-state index contributed by atoms with van der Waals surface area (Å²) < 4.78 is 0. The van der Waals surface area contributed by atoms with E-state index in [1.165, 1.54) is 6.07 Å². The van der Waals surface area contributed by atoms with Crippen LogP contribution in [0.4, 0.5) is 0 Å². The molecule has 0 spiro atoms. The summed E-state index contributed by atoms with van der Waals surface area (Å²) >= 11 is 5.96. The van der Waals surface area contributed by atoms with Crippen LogP contribution in [-0.2, 0) is 11.2 Å². The van der Waals surface area contributed by atoms with Crippen molar-refractivity contribution in [2.24, 2.45) is 0 Å². The Morgan fingerprint density at radius 2 is 2.29 bits per heavy atom. The quantitative estimate of drug-likeness (QED) is 0.837. The number of pyridine rings is 1. The van der Waals surface area contributed by atoms with E-state index in [4.69, 9.17) is 11.6 Å². The van der Waals surface area contributed by atoms with Gasteiger partial charge in [0.05, 0.1) is 0 Å². The zero-order valence-electron chi connectivity index (χ0n) is 12.1. The van der Waals surface area contributed by atoms with Crippen LogP contribution in [0.15, 0.2) is 12.1 Å². The minimum atomic E-state index is -0.471. The summed E-state index contributed by atoms with van der Waals surface area (Å²) in [5.41, 5.74) is 1.25. The smallest absolute Gasteiger partial charge is 0.252 e. The largest absolute Gasteiger partial charge is 0.354 e. The molecule has 2 amide bonds. The molecule has 1 unspecified atom stereocenters. The van der Waals surface area contributed by atoms with Crippen molar-refractivity contribution in [3.05, 3.63) is 28.5 Å². The molecule has 1 aliphatic heterocycles. The average Bonchev–Trinajstić information content (AvgIpc) is 2.64. The second-order valence-corrected chi connectivity index (χ2v) is 5.62. The summed E-state index contributed by atoms with van der Waals surface area (Å²) in [4.78, 5) is 28.3. The Hall–Kier alpha value is -1.62. The van der Waals surface area contributed by atoms with Crippen molar-refractivity contribution in [2.45, 2.75) is 45.1 Å². The van der Waals surface area contributed by atoms with E-state index in [1.54, 1.807) is 6.07 Å². The first-order valence-electron chi connectivity index (χ1n) is 7.35. The van der Waals surface area contributed by atoms with Crippen LogP contribution in [-0.4, -0.2) is 29.4 Å². The lowest BCUT2D eigenvalue weighted by molar-refractivity contribution is -0.122. The molecular weight excluding hydrogens is 290 g/mol. The molecule has 1 fully saturated rings. The van der Waals surface area contributed by atoms with Crippen LogP contribution >= 0.6 is 11.6 Å². The Labute approximate surface area is 129 Å². The van der Waals surface area contributed by atoms with Crippen LogP contribution in [0.5, 0.6) is 0 Å². The van der Waals surface area contributed by atoms with Crippen LogP contribution in [0, 0.1) is 0 Å². The SMILES string of the molecule is CCCc1cc(C(=O)NC2CCCCNC2=O)cc(Cl)n1. The normalized spacial score (nSPS) is 18.8. The van der Waals surface area contributed by atoms with Gasteiger partial charge in [-0.05, 0) is 37.8 Å². The van der Waals surface area contributed by atoms with Gasteiger partial charge in [-0.25, -0.2) is 4.98 Å². The Morgan fingerprint density at radius 1 is 1.48 bits per heavy atom. The molecule has 0 bridgehead atoms. The zero-order valence-corrected chi connectivity index (χ0v) is 12.9. The summed E-state index contributed by atoms with van der Waals surface area (Å²) in [5.74, 6) is -0.395. The van der Waals surface area contributed by atoms with Crippen LogP contribution in [0.25, 0.3) is 0 Å². The van der Waals surface area contributed by atoms with Crippen molar-refractivity contribution in [3.8, 4) is 0 Å². The number of carbonyl (C=O) groups excluding carboxylic acids is 2. The van der Waals surface area contributed by atoms with E-state index >= 15 is 0 Å². The monoisotopic (exact) mass is 309 g/mol. The molecule has 0 aliphatic carbocycles. The summed E-state index contributed by atoms with van der Waals surface area (Å²) in [6.07, 6.45) is 4.23. The predicted molar refractivity (Wildman–Crippen MR) is 81.4 cm³/mol. The number of rotatable bonds is 4. The molecule has 0 aromatic carbocycles. The van der Waals surface area contributed by atoms with E-state index in [1.807, 2.05) is 6.92 Å². The van der Waals surface area contributed by atoms with Gasteiger partial charge in [0.25, 0.3) is 5.91 Å². The van der Waals surface area contributed by atoms with Gasteiger partial charge in [-0.15, -0.1) is 0 Å². The Kier molecular flexibility index (Phi) is 5.56. The lowest BCUT2D eigenvalue weighted by atomic mass is 10.1. The Balaban J connectivity index is 2.10. The fraction of sp³-hybridized carbons (Fsp3) is 0.533. The van der Waals surface area contributed by atoms with Crippen LogP contribution in [0.1, 0.15) is 48.7 Å². The second kappa shape index (κ2) is 7.41. The van der Waals surface area contributed by atoms with Gasteiger partial charge in [0, 0.05) is 17.8 Å². The first-order chi connectivity index (χ1) is 10.1. The van der Waals surface area contributed by atoms with Gasteiger partial charge < -0.3 is 10.6 Å². The number of halogens is 1.